The molecule has 0 saturated carbocycles. The lowest BCUT2D eigenvalue weighted by Gasteiger charge is -2.08. The smallest absolute Gasteiger partial charge is 0.188 e. The molecule has 0 amide bonds. The first-order valence-electron chi connectivity index (χ1n) is 7.12. The van der Waals surface area contributed by atoms with Crippen LogP contribution in [0.25, 0.3) is 0 Å². The molecule has 4 N–H and O–H groups in total. The Balaban J connectivity index is 0.00000264. The van der Waals surface area contributed by atoms with Gasteiger partial charge in [-0.25, -0.2) is 4.99 Å². The van der Waals surface area contributed by atoms with E-state index in [2.05, 4.69) is 10.3 Å². The van der Waals surface area contributed by atoms with Gasteiger partial charge in [-0.1, -0.05) is 36.4 Å². The molecular weight excluding hydrogens is 405 g/mol. The first kappa shape index (κ1) is 19.1. The lowest BCUT2D eigenvalue weighted by Crippen LogP contribution is -2.33. The summed E-state index contributed by atoms with van der Waals surface area (Å²) >= 11 is 0. The van der Waals surface area contributed by atoms with E-state index in [-0.39, 0.29) is 29.7 Å². The Morgan fingerprint density at radius 3 is 2.61 bits per heavy atom. The summed E-state index contributed by atoms with van der Waals surface area (Å²) in [7, 11) is 1.53. The van der Waals surface area contributed by atoms with E-state index in [1.165, 1.54) is 7.11 Å². The summed E-state index contributed by atoms with van der Waals surface area (Å²) in [5, 5.41) is 12.6. The molecule has 0 spiro atoms. The van der Waals surface area contributed by atoms with Gasteiger partial charge in [0, 0.05) is 6.54 Å². The SMILES string of the molecule is COc1cc(CCNC(N)=NCc2ccccc2)ccc1O.I. The van der Waals surface area contributed by atoms with Crippen molar-refractivity contribution in [1.29, 1.82) is 0 Å². The van der Waals surface area contributed by atoms with Gasteiger partial charge in [0.1, 0.15) is 0 Å². The molecule has 0 heterocycles. The molecule has 2 aromatic rings. The minimum atomic E-state index is 0. The number of nitrogens with one attached hydrogen (secondary N) is 1. The van der Waals surface area contributed by atoms with Gasteiger partial charge in [-0.3, -0.25) is 0 Å². The highest BCUT2D eigenvalue weighted by Crippen LogP contribution is 2.26. The second-order valence-corrected chi connectivity index (χ2v) is 4.87. The Hall–Kier alpha value is -1.96. The van der Waals surface area contributed by atoms with Crippen molar-refractivity contribution in [3.63, 3.8) is 0 Å². The van der Waals surface area contributed by atoms with Crippen LogP contribution >= 0.6 is 24.0 Å². The number of hydrogen-bond acceptors (Lipinski definition) is 3. The summed E-state index contributed by atoms with van der Waals surface area (Å²) in [6, 6.07) is 15.3. The lowest BCUT2D eigenvalue weighted by atomic mass is 10.1. The Morgan fingerprint density at radius 2 is 1.91 bits per heavy atom. The highest BCUT2D eigenvalue weighted by atomic mass is 127. The van der Waals surface area contributed by atoms with E-state index >= 15 is 0 Å². The fraction of sp³-hybridized carbons (Fsp3) is 0.235. The van der Waals surface area contributed by atoms with E-state index in [9.17, 15) is 5.11 Å². The molecule has 0 saturated heterocycles. The van der Waals surface area contributed by atoms with Crippen LogP contribution < -0.4 is 15.8 Å². The molecule has 0 aliphatic heterocycles. The molecule has 0 radical (unpaired) electrons. The van der Waals surface area contributed by atoms with Crippen molar-refractivity contribution < 1.29 is 9.84 Å². The normalized spacial score (nSPS) is 10.7. The van der Waals surface area contributed by atoms with Crippen LogP contribution in [-0.4, -0.2) is 24.7 Å². The summed E-state index contributed by atoms with van der Waals surface area (Å²) in [4.78, 5) is 4.29. The number of benzene rings is 2. The van der Waals surface area contributed by atoms with Crippen molar-refractivity contribution in [2.24, 2.45) is 10.7 Å². The topological polar surface area (TPSA) is 79.9 Å². The molecule has 0 unspecified atom stereocenters. The number of guanidine groups is 1. The zero-order chi connectivity index (χ0) is 15.8. The van der Waals surface area contributed by atoms with Crippen LogP contribution in [0, 0.1) is 0 Å². The first-order valence-corrected chi connectivity index (χ1v) is 7.12. The van der Waals surface area contributed by atoms with Crippen molar-refractivity contribution in [1.82, 2.24) is 5.32 Å². The van der Waals surface area contributed by atoms with Gasteiger partial charge >= 0.3 is 0 Å². The number of phenols is 1. The zero-order valence-electron chi connectivity index (χ0n) is 13.0. The fourth-order valence-electron chi connectivity index (χ4n) is 2.03. The number of halogens is 1. The number of aliphatic imine (C=N–C) groups is 1. The van der Waals surface area contributed by atoms with Crippen LogP contribution in [0.3, 0.4) is 0 Å². The maximum Gasteiger partial charge on any atom is 0.188 e. The number of phenolic OH excluding ortho intramolecular Hbond substituents is 1. The van der Waals surface area contributed by atoms with Gasteiger partial charge in [0.15, 0.2) is 17.5 Å². The molecule has 0 atom stereocenters. The molecule has 0 bridgehead atoms. The quantitative estimate of drug-likeness (QED) is 0.376. The molecule has 0 aliphatic rings. The second kappa shape index (κ2) is 9.94. The number of methoxy groups -OCH3 is 1. The Labute approximate surface area is 153 Å². The third kappa shape index (κ3) is 6.35. The maximum atomic E-state index is 9.55. The average molecular weight is 427 g/mol. The molecule has 2 aromatic carbocycles. The Kier molecular flexibility index (Phi) is 8.25. The molecular formula is C17H22IN3O2. The molecule has 0 fully saturated rings. The van der Waals surface area contributed by atoms with Gasteiger partial charge in [0.05, 0.1) is 13.7 Å². The number of ether oxygens (including phenoxy) is 1. The van der Waals surface area contributed by atoms with Crippen LogP contribution in [0.4, 0.5) is 0 Å². The van der Waals surface area contributed by atoms with E-state index in [1.807, 2.05) is 42.5 Å². The minimum Gasteiger partial charge on any atom is -0.504 e. The van der Waals surface area contributed by atoms with Crippen molar-refractivity contribution >= 4 is 29.9 Å². The predicted octanol–water partition coefficient (Wildman–Crippen LogP) is 2.67. The average Bonchev–Trinajstić information content (AvgIpc) is 2.55. The summed E-state index contributed by atoms with van der Waals surface area (Å²) < 4.78 is 5.08. The maximum absolute atomic E-state index is 9.55. The number of rotatable bonds is 6. The van der Waals surface area contributed by atoms with Gasteiger partial charge < -0.3 is 20.9 Å². The minimum absolute atomic E-state index is 0. The molecule has 0 aliphatic carbocycles. The van der Waals surface area contributed by atoms with E-state index in [0.717, 1.165) is 17.5 Å². The largest absolute Gasteiger partial charge is 0.504 e. The van der Waals surface area contributed by atoms with Crippen LogP contribution in [0.1, 0.15) is 11.1 Å². The van der Waals surface area contributed by atoms with Crippen LogP contribution in [0.15, 0.2) is 53.5 Å². The Bertz CT molecular complexity index is 633. The summed E-state index contributed by atoms with van der Waals surface area (Å²) in [5.41, 5.74) is 8.01. The third-order valence-electron chi connectivity index (χ3n) is 3.24. The second-order valence-electron chi connectivity index (χ2n) is 4.87. The predicted molar refractivity (Wildman–Crippen MR) is 104 cm³/mol. The van der Waals surface area contributed by atoms with Gasteiger partial charge in [-0.2, -0.15) is 0 Å². The van der Waals surface area contributed by atoms with Gasteiger partial charge in [-0.15, -0.1) is 24.0 Å². The fourth-order valence-corrected chi connectivity index (χ4v) is 2.03. The lowest BCUT2D eigenvalue weighted by molar-refractivity contribution is 0.373. The summed E-state index contributed by atoms with van der Waals surface area (Å²) in [6.07, 6.45) is 0.762. The van der Waals surface area contributed by atoms with Gasteiger partial charge in [0.25, 0.3) is 0 Å². The number of hydrogen-bond donors (Lipinski definition) is 3. The standard InChI is InChI=1S/C17H21N3O2.HI/c1-22-16-11-13(7-8-15(16)21)9-10-19-17(18)20-12-14-5-3-2-4-6-14;/h2-8,11,21H,9-10,12H2,1H3,(H3,18,19,20);1H. The van der Waals surface area contributed by atoms with E-state index < -0.39 is 0 Å². The number of nitrogens with zero attached hydrogens (tertiary/aromatic N) is 1. The van der Waals surface area contributed by atoms with Gasteiger partial charge in [0.2, 0.25) is 0 Å². The zero-order valence-corrected chi connectivity index (χ0v) is 15.4. The van der Waals surface area contributed by atoms with E-state index in [4.69, 9.17) is 10.5 Å². The van der Waals surface area contributed by atoms with E-state index in [1.54, 1.807) is 6.07 Å². The molecule has 5 nitrogen and oxygen atoms in total. The van der Waals surface area contributed by atoms with Crippen LogP contribution in [0.5, 0.6) is 11.5 Å². The molecule has 0 aromatic heterocycles. The molecule has 23 heavy (non-hydrogen) atoms. The van der Waals surface area contributed by atoms with Crippen molar-refractivity contribution in [3.8, 4) is 11.5 Å². The highest BCUT2D eigenvalue weighted by Gasteiger charge is 2.02. The summed E-state index contributed by atoms with van der Waals surface area (Å²) in [5.74, 6) is 1.04. The van der Waals surface area contributed by atoms with Gasteiger partial charge in [-0.05, 0) is 29.7 Å². The molecule has 6 heteroatoms. The monoisotopic (exact) mass is 427 g/mol. The molecule has 124 valence electrons. The van der Waals surface area contributed by atoms with Crippen molar-refractivity contribution in [3.05, 3.63) is 59.7 Å². The van der Waals surface area contributed by atoms with Crippen LogP contribution in [-0.2, 0) is 13.0 Å². The number of aromatic hydroxyl groups is 1. The van der Waals surface area contributed by atoms with Crippen molar-refractivity contribution in [2.75, 3.05) is 13.7 Å². The van der Waals surface area contributed by atoms with Crippen molar-refractivity contribution in [2.45, 2.75) is 13.0 Å². The van der Waals surface area contributed by atoms with Crippen LogP contribution in [0.2, 0.25) is 0 Å². The third-order valence-corrected chi connectivity index (χ3v) is 3.24. The molecule has 2 rings (SSSR count). The number of nitrogens with two attached hydrogens (primary N) is 1. The summed E-state index contributed by atoms with van der Waals surface area (Å²) in [6.45, 7) is 1.23. The van der Waals surface area contributed by atoms with E-state index in [0.29, 0.717) is 24.8 Å². The Morgan fingerprint density at radius 1 is 1.17 bits per heavy atom. The highest BCUT2D eigenvalue weighted by molar-refractivity contribution is 14.0. The first-order chi connectivity index (χ1) is 10.7.